The number of rotatable bonds is 1. The number of amides is 1. The van der Waals surface area contributed by atoms with Crippen LogP contribution in [0.4, 0.5) is 0 Å². The van der Waals surface area contributed by atoms with Crippen LogP contribution in [0.25, 0.3) is 0 Å². The lowest BCUT2D eigenvalue weighted by atomic mass is 9.63. The summed E-state index contributed by atoms with van der Waals surface area (Å²) in [5.74, 6) is 1.62. The van der Waals surface area contributed by atoms with Gasteiger partial charge in [-0.15, -0.1) is 0 Å². The van der Waals surface area contributed by atoms with E-state index < -0.39 is 0 Å². The third-order valence-electron chi connectivity index (χ3n) is 4.63. The molecule has 2 saturated carbocycles. The van der Waals surface area contributed by atoms with Crippen LogP contribution < -0.4 is 0 Å². The Kier molecular flexibility index (Phi) is 1.71. The molecule has 1 heterocycles. The highest BCUT2D eigenvalue weighted by molar-refractivity contribution is 5.81. The molecular formula is C12H19NO. The number of carbonyl (C=O) groups is 1. The number of nitrogens with zero attached hydrogens (tertiary/aromatic N) is 1. The molecule has 3 aliphatic rings. The zero-order valence-electron chi connectivity index (χ0n) is 8.96. The van der Waals surface area contributed by atoms with Crippen LogP contribution in [0.2, 0.25) is 0 Å². The summed E-state index contributed by atoms with van der Waals surface area (Å²) in [6, 6.07) is 0. The highest BCUT2D eigenvalue weighted by atomic mass is 16.2. The van der Waals surface area contributed by atoms with Crippen LogP contribution in [0.15, 0.2) is 0 Å². The summed E-state index contributed by atoms with van der Waals surface area (Å²) in [6.45, 7) is 4.44. The van der Waals surface area contributed by atoms with E-state index in [1.165, 1.54) is 19.3 Å². The minimum absolute atomic E-state index is 0.414. The molecule has 2 nitrogen and oxygen atoms in total. The van der Waals surface area contributed by atoms with Gasteiger partial charge in [-0.25, -0.2) is 0 Å². The predicted molar refractivity (Wildman–Crippen MR) is 54.8 cm³/mol. The largest absolute Gasteiger partial charge is 0.342 e. The second-order valence-electron chi connectivity index (χ2n) is 5.61. The van der Waals surface area contributed by atoms with Crippen molar-refractivity contribution >= 4 is 5.91 Å². The molecule has 1 aliphatic heterocycles. The van der Waals surface area contributed by atoms with Crippen molar-refractivity contribution < 1.29 is 4.79 Å². The molecule has 78 valence electrons. The van der Waals surface area contributed by atoms with Crippen LogP contribution in [0.3, 0.4) is 0 Å². The highest BCUT2D eigenvalue weighted by Gasteiger charge is 2.50. The summed E-state index contributed by atoms with van der Waals surface area (Å²) in [5, 5.41) is 0. The first-order valence-corrected chi connectivity index (χ1v) is 6.00. The normalized spacial score (nSPS) is 34.6. The molecule has 0 radical (unpaired) electrons. The van der Waals surface area contributed by atoms with Gasteiger partial charge in [-0.2, -0.15) is 0 Å². The summed E-state index contributed by atoms with van der Waals surface area (Å²) in [4.78, 5) is 14.1. The maximum atomic E-state index is 11.9. The van der Waals surface area contributed by atoms with Gasteiger partial charge in [0.15, 0.2) is 0 Å². The Morgan fingerprint density at radius 2 is 2.07 bits per heavy atom. The zero-order valence-corrected chi connectivity index (χ0v) is 8.96. The van der Waals surface area contributed by atoms with E-state index in [-0.39, 0.29) is 0 Å². The van der Waals surface area contributed by atoms with Gasteiger partial charge in [0, 0.05) is 19.0 Å². The molecule has 0 aromatic heterocycles. The first-order valence-electron chi connectivity index (χ1n) is 6.00. The van der Waals surface area contributed by atoms with Crippen molar-refractivity contribution in [2.75, 3.05) is 13.1 Å². The van der Waals surface area contributed by atoms with E-state index in [1.54, 1.807) is 0 Å². The number of likely N-dealkylation sites (tertiary alicyclic amines) is 1. The lowest BCUT2D eigenvalue weighted by Crippen LogP contribution is -2.38. The van der Waals surface area contributed by atoms with Crippen molar-refractivity contribution in [3.63, 3.8) is 0 Å². The van der Waals surface area contributed by atoms with Gasteiger partial charge in [-0.1, -0.05) is 13.3 Å². The fourth-order valence-electron chi connectivity index (χ4n) is 3.16. The van der Waals surface area contributed by atoms with Crippen LogP contribution in [0, 0.1) is 17.3 Å². The van der Waals surface area contributed by atoms with E-state index in [1.807, 2.05) is 0 Å². The van der Waals surface area contributed by atoms with E-state index in [2.05, 4.69) is 11.8 Å². The summed E-state index contributed by atoms with van der Waals surface area (Å²) in [7, 11) is 0. The van der Waals surface area contributed by atoms with Crippen molar-refractivity contribution in [2.45, 2.75) is 39.0 Å². The quantitative estimate of drug-likeness (QED) is 0.624. The Labute approximate surface area is 85.7 Å². The smallest absolute Gasteiger partial charge is 0.225 e. The summed E-state index contributed by atoms with van der Waals surface area (Å²) in [6.07, 6.45) is 6.41. The molecule has 0 aromatic carbocycles. The lowest BCUT2D eigenvalue weighted by molar-refractivity contribution is -0.132. The van der Waals surface area contributed by atoms with Gasteiger partial charge in [0.25, 0.3) is 0 Å². The second-order valence-corrected chi connectivity index (χ2v) is 5.61. The zero-order chi connectivity index (χ0) is 9.76. The monoisotopic (exact) mass is 193 g/mol. The topological polar surface area (TPSA) is 20.3 Å². The molecule has 1 atom stereocenters. The SMILES string of the molecule is CC1CN(C(=O)C2CC2)CC12CCC2. The Morgan fingerprint density at radius 1 is 1.36 bits per heavy atom. The molecule has 2 aliphatic carbocycles. The molecular weight excluding hydrogens is 174 g/mol. The Hall–Kier alpha value is -0.530. The Bertz CT molecular complexity index is 265. The van der Waals surface area contributed by atoms with Crippen molar-refractivity contribution in [3.8, 4) is 0 Å². The number of hydrogen-bond donors (Lipinski definition) is 0. The molecule has 0 N–H and O–H groups in total. The Morgan fingerprint density at radius 3 is 2.50 bits per heavy atom. The molecule has 0 aromatic rings. The van der Waals surface area contributed by atoms with Crippen LogP contribution in [0.1, 0.15) is 39.0 Å². The van der Waals surface area contributed by atoms with Crippen LogP contribution >= 0.6 is 0 Å². The van der Waals surface area contributed by atoms with Crippen molar-refractivity contribution in [1.29, 1.82) is 0 Å². The first-order chi connectivity index (χ1) is 6.71. The standard InChI is InChI=1S/C12H19NO/c1-9-7-13(11(14)10-3-4-10)8-12(9)5-2-6-12/h9-10H,2-8H2,1H3. The average Bonchev–Trinajstić information content (AvgIpc) is 2.86. The maximum absolute atomic E-state index is 11.9. The first kappa shape index (κ1) is 8.75. The van der Waals surface area contributed by atoms with Gasteiger partial charge < -0.3 is 4.90 Å². The second kappa shape index (κ2) is 2.74. The van der Waals surface area contributed by atoms with Crippen molar-refractivity contribution in [1.82, 2.24) is 4.90 Å². The van der Waals surface area contributed by atoms with E-state index >= 15 is 0 Å². The van der Waals surface area contributed by atoms with Crippen molar-refractivity contribution in [2.24, 2.45) is 17.3 Å². The van der Waals surface area contributed by atoms with Gasteiger partial charge >= 0.3 is 0 Å². The predicted octanol–water partition coefficient (Wildman–Crippen LogP) is 2.04. The van der Waals surface area contributed by atoms with Gasteiger partial charge in [-0.05, 0) is 37.0 Å². The summed E-state index contributed by atoms with van der Waals surface area (Å²) >= 11 is 0. The van der Waals surface area contributed by atoms with Gasteiger partial charge in [0.05, 0.1) is 0 Å². The maximum Gasteiger partial charge on any atom is 0.225 e. The van der Waals surface area contributed by atoms with Gasteiger partial charge in [0.1, 0.15) is 0 Å². The van der Waals surface area contributed by atoms with Gasteiger partial charge in [-0.3, -0.25) is 4.79 Å². The van der Waals surface area contributed by atoms with Crippen molar-refractivity contribution in [3.05, 3.63) is 0 Å². The van der Waals surface area contributed by atoms with E-state index in [0.29, 0.717) is 17.2 Å². The minimum atomic E-state index is 0.414. The van der Waals surface area contributed by atoms with Crippen LogP contribution in [0.5, 0.6) is 0 Å². The molecule has 2 heteroatoms. The summed E-state index contributed by atoms with van der Waals surface area (Å²) < 4.78 is 0. The Balaban J connectivity index is 1.70. The fourth-order valence-corrected chi connectivity index (χ4v) is 3.16. The van der Waals surface area contributed by atoms with Gasteiger partial charge in [0.2, 0.25) is 5.91 Å². The minimum Gasteiger partial charge on any atom is -0.342 e. The molecule has 1 amide bonds. The number of carbonyl (C=O) groups excluding carboxylic acids is 1. The molecule has 14 heavy (non-hydrogen) atoms. The van der Waals surface area contributed by atoms with Crippen LogP contribution in [-0.2, 0) is 4.79 Å². The third kappa shape index (κ3) is 1.12. The molecule has 3 rings (SSSR count). The fraction of sp³-hybridized carbons (Fsp3) is 0.917. The van der Waals surface area contributed by atoms with E-state index in [4.69, 9.17) is 0 Å². The molecule has 1 unspecified atom stereocenters. The molecule has 1 saturated heterocycles. The number of hydrogen-bond acceptors (Lipinski definition) is 1. The summed E-state index contributed by atoms with van der Waals surface area (Å²) in [5.41, 5.74) is 0.546. The highest BCUT2D eigenvalue weighted by Crippen LogP contribution is 2.52. The lowest BCUT2D eigenvalue weighted by Gasteiger charge is -2.41. The van der Waals surface area contributed by atoms with E-state index in [0.717, 1.165) is 31.8 Å². The average molecular weight is 193 g/mol. The molecule has 0 bridgehead atoms. The van der Waals surface area contributed by atoms with E-state index in [9.17, 15) is 4.79 Å². The molecule has 3 fully saturated rings. The van der Waals surface area contributed by atoms with Crippen LogP contribution in [-0.4, -0.2) is 23.9 Å². The third-order valence-corrected chi connectivity index (χ3v) is 4.63. The molecule has 1 spiro atoms.